The SMILES string of the molecule is O=C(c1ccc(Cl)cc1)N1CCN(c2nc(=O)c3cc(C(F)(F)F)cc([N+](=O)[O-])c3s2)CC1. The van der Waals surface area contributed by atoms with Crippen LogP contribution in [0.1, 0.15) is 15.9 Å². The first-order valence-corrected chi connectivity index (χ1v) is 10.7. The number of hydrogen-bond acceptors (Lipinski definition) is 7. The number of hydrogen-bond donors (Lipinski definition) is 0. The number of alkyl halides is 3. The molecule has 4 rings (SSSR count). The minimum absolute atomic E-state index is 0.147. The summed E-state index contributed by atoms with van der Waals surface area (Å²) >= 11 is 6.62. The minimum atomic E-state index is -4.85. The monoisotopic (exact) mass is 498 g/mol. The Hall–Kier alpha value is -3.25. The predicted octanol–water partition coefficient (Wildman–Crippen LogP) is 4.20. The topological polar surface area (TPSA) is 96.7 Å². The summed E-state index contributed by atoms with van der Waals surface area (Å²) in [6.07, 6.45) is -4.85. The fraction of sp³-hybridized carbons (Fsp3) is 0.250. The number of non-ortho nitro benzene ring substituents is 1. The second kappa shape index (κ2) is 8.60. The van der Waals surface area contributed by atoms with Gasteiger partial charge in [0.25, 0.3) is 17.2 Å². The van der Waals surface area contributed by atoms with E-state index in [-0.39, 0.29) is 15.7 Å². The van der Waals surface area contributed by atoms with Crippen LogP contribution >= 0.6 is 22.9 Å². The van der Waals surface area contributed by atoms with Crippen LogP contribution in [0.4, 0.5) is 24.0 Å². The van der Waals surface area contributed by atoms with Gasteiger partial charge in [-0.25, -0.2) is 0 Å². The maximum atomic E-state index is 13.1. The number of rotatable bonds is 3. The molecule has 1 fully saturated rings. The molecule has 1 aliphatic rings. The molecule has 8 nitrogen and oxygen atoms in total. The number of benzene rings is 2. The van der Waals surface area contributed by atoms with Gasteiger partial charge in [-0.05, 0) is 30.3 Å². The van der Waals surface area contributed by atoms with Crippen molar-refractivity contribution in [2.75, 3.05) is 31.1 Å². The average molecular weight is 499 g/mol. The summed E-state index contributed by atoms with van der Waals surface area (Å²) in [5, 5.41) is 11.6. The van der Waals surface area contributed by atoms with Crippen molar-refractivity contribution in [3.8, 4) is 0 Å². The van der Waals surface area contributed by atoms with E-state index in [9.17, 15) is 32.9 Å². The first-order chi connectivity index (χ1) is 15.5. The second-order valence-corrected chi connectivity index (χ2v) is 8.63. The molecule has 1 aliphatic heterocycles. The molecule has 1 saturated heterocycles. The Kier molecular flexibility index (Phi) is 5.97. The van der Waals surface area contributed by atoms with Crippen LogP contribution in [0.15, 0.2) is 41.2 Å². The fourth-order valence-corrected chi connectivity index (χ4v) is 4.69. The minimum Gasteiger partial charge on any atom is -0.344 e. The largest absolute Gasteiger partial charge is 0.416 e. The molecule has 0 unspecified atom stereocenters. The van der Waals surface area contributed by atoms with Crippen LogP contribution < -0.4 is 10.5 Å². The highest BCUT2D eigenvalue weighted by molar-refractivity contribution is 7.22. The highest BCUT2D eigenvalue weighted by atomic mass is 35.5. The molecule has 1 aromatic heterocycles. The van der Waals surface area contributed by atoms with E-state index in [0.29, 0.717) is 48.9 Å². The molecule has 172 valence electrons. The Morgan fingerprint density at radius 1 is 1.12 bits per heavy atom. The van der Waals surface area contributed by atoms with Gasteiger partial charge < -0.3 is 9.80 Å². The van der Waals surface area contributed by atoms with E-state index in [1.165, 1.54) is 0 Å². The maximum Gasteiger partial charge on any atom is 0.416 e. The van der Waals surface area contributed by atoms with Gasteiger partial charge >= 0.3 is 6.18 Å². The van der Waals surface area contributed by atoms with E-state index in [0.717, 1.165) is 11.3 Å². The molecule has 0 N–H and O–H groups in total. The van der Waals surface area contributed by atoms with E-state index in [1.807, 2.05) is 0 Å². The summed E-state index contributed by atoms with van der Waals surface area (Å²) in [7, 11) is 0. The molecule has 2 aromatic carbocycles. The molecule has 13 heteroatoms. The quantitative estimate of drug-likeness (QED) is 0.396. The zero-order valence-corrected chi connectivity index (χ0v) is 18.2. The van der Waals surface area contributed by atoms with Crippen molar-refractivity contribution < 1.29 is 22.9 Å². The number of nitrogens with zero attached hydrogens (tertiary/aromatic N) is 4. The van der Waals surface area contributed by atoms with Gasteiger partial charge in [0.1, 0.15) is 4.70 Å². The van der Waals surface area contributed by atoms with Gasteiger partial charge in [0.15, 0.2) is 5.13 Å². The second-order valence-electron chi connectivity index (χ2n) is 7.21. The van der Waals surface area contributed by atoms with Crippen LogP contribution in [0.25, 0.3) is 10.1 Å². The first-order valence-electron chi connectivity index (χ1n) is 9.55. The number of amides is 1. The molecular formula is C20H14ClF3N4O4S. The van der Waals surface area contributed by atoms with Crippen LogP contribution in [0, 0.1) is 10.1 Å². The van der Waals surface area contributed by atoms with Gasteiger partial charge in [-0.2, -0.15) is 18.2 Å². The molecule has 0 atom stereocenters. The van der Waals surface area contributed by atoms with Crippen molar-refractivity contribution in [2.45, 2.75) is 6.18 Å². The number of carbonyl (C=O) groups is 1. The summed E-state index contributed by atoms with van der Waals surface area (Å²) in [4.78, 5) is 42.8. The van der Waals surface area contributed by atoms with E-state index in [4.69, 9.17) is 11.6 Å². The molecule has 0 spiro atoms. The number of nitro groups is 1. The van der Waals surface area contributed by atoms with Crippen LogP contribution in [-0.2, 0) is 6.18 Å². The van der Waals surface area contributed by atoms with Crippen molar-refractivity contribution in [1.29, 1.82) is 0 Å². The van der Waals surface area contributed by atoms with Crippen molar-refractivity contribution in [2.24, 2.45) is 0 Å². The zero-order valence-electron chi connectivity index (χ0n) is 16.6. The molecule has 0 radical (unpaired) electrons. The van der Waals surface area contributed by atoms with Crippen molar-refractivity contribution in [3.05, 3.63) is 73.0 Å². The summed E-state index contributed by atoms with van der Waals surface area (Å²) in [6.45, 7) is 1.19. The Balaban J connectivity index is 1.61. The lowest BCUT2D eigenvalue weighted by Crippen LogP contribution is -2.49. The third kappa shape index (κ3) is 4.62. The molecule has 2 heterocycles. The molecule has 0 aliphatic carbocycles. The van der Waals surface area contributed by atoms with Gasteiger partial charge in [-0.15, -0.1) is 0 Å². The standard InChI is InChI=1S/C20H14ClF3N4O4S/c21-13-3-1-11(2-4-13)18(30)26-5-7-27(8-6-26)19-25-17(29)14-9-12(20(22,23)24)10-15(28(31)32)16(14)33-19/h1-4,9-10H,5-8H2. The van der Waals surface area contributed by atoms with Crippen molar-refractivity contribution in [1.82, 2.24) is 9.88 Å². The number of anilines is 1. The van der Waals surface area contributed by atoms with E-state index < -0.39 is 33.3 Å². The summed E-state index contributed by atoms with van der Waals surface area (Å²) in [5.41, 5.74) is -2.60. The summed E-state index contributed by atoms with van der Waals surface area (Å²) < 4.78 is 39.2. The number of aromatic nitrogens is 1. The highest BCUT2D eigenvalue weighted by Crippen LogP contribution is 2.38. The molecular weight excluding hydrogens is 485 g/mol. The first kappa shape index (κ1) is 22.9. The molecule has 33 heavy (non-hydrogen) atoms. The number of carbonyl (C=O) groups excluding carboxylic acids is 1. The number of nitro benzene ring substituents is 1. The van der Waals surface area contributed by atoms with Crippen molar-refractivity contribution >= 4 is 49.7 Å². The van der Waals surface area contributed by atoms with E-state index in [2.05, 4.69) is 4.98 Å². The van der Waals surface area contributed by atoms with Crippen LogP contribution in [0.5, 0.6) is 0 Å². The lowest BCUT2D eigenvalue weighted by molar-refractivity contribution is -0.383. The normalized spacial score (nSPS) is 14.5. The van der Waals surface area contributed by atoms with Gasteiger partial charge in [0.05, 0.1) is 15.9 Å². The molecule has 1 amide bonds. The average Bonchev–Trinajstić information content (AvgIpc) is 2.78. The Morgan fingerprint density at radius 3 is 2.33 bits per heavy atom. The van der Waals surface area contributed by atoms with Gasteiger partial charge in [0, 0.05) is 42.8 Å². The number of piperazine rings is 1. The van der Waals surface area contributed by atoms with Gasteiger partial charge in [-0.1, -0.05) is 22.9 Å². The van der Waals surface area contributed by atoms with Crippen LogP contribution in [0.2, 0.25) is 5.02 Å². The molecule has 0 bridgehead atoms. The third-order valence-electron chi connectivity index (χ3n) is 5.14. The maximum absolute atomic E-state index is 13.1. The lowest BCUT2D eigenvalue weighted by Gasteiger charge is -2.35. The Bertz CT molecular complexity index is 1310. The zero-order chi connectivity index (χ0) is 23.9. The fourth-order valence-electron chi connectivity index (χ4n) is 3.45. The summed E-state index contributed by atoms with van der Waals surface area (Å²) in [5.74, 6) is -0.193. The number of halogens is 4. The van der Waals surface area contributed by atoms with Crippen molar-refractivity contribution in [3.63, 3.8) is 0 Å². The molecule has 3 aromatic rings. The predicted molar refractivity (Wildman–Crippen MR) is 117 cm³/mol. The smallest absolute Gasteiger partial charge is 0.344 e. The van der Waals surface area contributed by atoms with E-state index >= 15 is 0 Å². The molecule has 0 saturated carbocycles. The van der Waals surface area contributed by atoms with Crippen LogP contribution in [0.3, 0.4) is 0 Å². The lowest BCUT2D eigenvalue weighted by atomic mass is 10.1. The van der Waals surface area contributed by atoms with E-state index in [1.54, 1.807) is 34.1 Å². The van der Waals surface area contributed by atoms with Crippen LogP contribution in [-0.4, -0.2) is 46.9 Å². The Morgan fingerprint density at radius 2 is 1.76 bits per heavy atom. The highest BCUT2D eigenvalue weighted by Gasteiger charge is 2.34. The summed E-state index contributed by atoms with van der Waals surface area (Å²) in [6, 6.07) is 7.45. The number of fused-ring (bicyclic) bond motifs is 1. The third-order valence-corrected chi connectivity index (χ3v) is 6.56. The Labute approximate surface area is 193 Å². The van der Waals surface area contributed by atoms with Gasteiger partial charge in [0.2, 0.25) is 0 Å². The van der Waals surface area contributed by atoms with Gasteiger partial charge in [-0.3, -0.25) is 19.7 Å².